The van der Waals surface area contributed by atoms with Gasteiger partial charge < -0.3 is 10.2 Å². The van der Waals surface area contributed by atoms with Crippen LogP contribution in [-0.4, -0.2) is 36.3 Å². The zero-order valence-electron chi connectivity index (χ0n) is 17.2. The zero-order chi connectivity index (χ0) is 20.2. The molecule has 2 amide bonds. The summed E-state index contributed by atoms with van der Waals surface area (Å²) in [5.41, 5.74) is 0.674. The van der Waals surface area contributed by atoms with Crippen molar-refractivity contribution in [2.45, 2.75) is 53.4 Å². The molecule has 1 fully saturated rings. The molecule has 4 nitrogen and oxygen atoms in total. The molecule has 0 radical (unpaired) electrons. The van der Waals surface area contributed by atoms with Crippen molar-refractivity contribution in [2.75, 3.05) is 19.6 Å². The molecule has 2 atom stereocenters. The highest BCUT2D eigenvalue weighted by atomic mass is 19.1. The quantitative estimate of drug-likeness (QED) is 0.817. The Morgan fingerprint density at radius 2 is 1.96 bits per heavy atom. The minimum absolute atomic E-state index is 0.0454. The molecule has 0 aromatic heterocycles. The number of likely N-dealkylation sites (tertiary alicyclic amines) is 1. The second kappa shape index (κ2) is 8.85. The number of rotatable bonds is 6. The fourth-order valence-electron chi connectivity index (χ4n) is 3.53. The largest absolute Gasteiger partial charge is 0.356 e. The Hall–Kier alpha value is -1.91. The third kappa shape index (κ3) is 6.33. The molecule has 5 heteroatoms. The fourth-order valence-corrected chi connectivity index (χ4v) is 3.53. The van der Waals surface area contributed by atoms with Crippen molar-refractivity contribution in [2.24, 2.45) is 17.3 Å². The molecule has 1 N–H and O–H groups in total. The highest BCUT2D eigenvalue weighted by molar-refractivity contribution is 5.83. The summed E-state index contributed by atoms with van der Waals surface area (Å²) < 4.78 is 13.7. The number of hydrogen-bond acceptors (Lipinski definition) is 2. The van der Waals surface area contributed by atoms with Crippen LogP contribution in [0.2, 0.25) is 0 Å². The highest BCUT2D eigenvalue weighted by Gasteiger charge is 2.40. The van der Waals surface area contributed by atoms with E-state index in [1.807, 2.05) is 26.8 Å². The number of nitrogens with one attached hydrogen (secondary N) is 1. The van der Waals surface area contributed by atoms with E-state index in [0.29, 0.717) is 32.0 Å². The van der Waals surface area contributed by atoms with Crippen LogP contribution in [0.5, 0.6) is 0 Å². The van der Waals surface area contributed by atoms with Crippen LogP contribution in [0, 0.1) is 23.1 Å². The molecular formula is C22H33FN2O2. The van der Waals surface area contributed by atoms with Crippen LogP contribution in [-0.2, 0) is 9.59 Å². The number of carbonyl (C=O) groups excluding carboxylic acids is 2. The Bertz CT molecular complexity index is 667. The minimum Gasteiger partial charge on any atom is -0.356 e. The highest BCUT2D eigenvalue weighted by Crippen LogP contribution is 2.34. The van der Waals surface area contributed by atoms with E-state index in [9.17, 15) is 14.0 Å². The molecule has 1 aliphatic rings. The molecule has 0 aliphatic carbocycles. The van der Waals surface area contributed by atoms with E-state index in [0.717, 1.165) is 12.0 Å². The van der Waals surface area contributed by atoms with E-state index in [2.05, 4.69) is 19.2 Å². The molecule has 27 heavy (non-hydrogen) atoms. The van der Waals surface area contributed by atoms with Gasteiger partial charge in [-0.25, -0.2) is 4.39 Å². The lowest BCUT2D eigenvalue weighted by Crippen LogP contribution is -2.37. The first-order chi connectivity index (χ1) is 12.6. The Morgan fingerprint density at radius 3 is 2.56 bits per heavy atom. The number of nitrogens with zero attached hydrogens (tertiary/aromatic N) is 1. The first kappa shape index (κ1) is 21.4. The van der Waals surface area contributed by atoms with Gasteiger partial charge in [0, 0.05) is 32.0 Å². The summed E-state index contributed by atoms with van der Waals surface area (Å²) in [5, 5.41) is 3.01. The standard InChI is InChI=1S/C22H33FN2O2/c1-15(2)9-10-24-21(27)19-14-25(20(26)12-22(3,4)5)13-18(19)16-7-6-8-17(23)11-16/h6-8,11,15,18-19H,9-10,12-14H2,1-5H3,(H,24,27)/t18-,19+/m0/s1. The van der Waals surface area contributed by atoms with Gasteiger partial charge in [-0.05, 0) is 35.4 Å². The molecule has 1 aromatic carbocycles. The van der Waals surface area contributed by atoms with Crippen molar-refractivity contribution in [3.05, 3.63) is 35.6 Å². The smallest absolute Gasteiger partial charge is 0.225 e. The van der Waals surface area contributed by atoms with E-state index in [1.165, 1.54) is 12.1 Å². The van der Waals surface area contributed by atoms with Crippen molar-refractivity contribution in [1.82, 2.24) is 10.2 Å². The predicted molar refractivity (Wildman–Crippen MR) is 106 cm³/mol. The van der Waals surface area contributed by atoms with Crippen LogP contribution in [0.1, 0.15) is 58.9 Å². The second-order valence-electron chi connectivity index (χ2n) is 9.28. The molecule has 1 heterocycles. The van der Waals surface area contributed by atoms with Crippen LogP contribution >= 0.6 is 0 Å². The van der Waals surface area contributed by atoms with Gasteiger partial charge in [0.2, 0.25) is 11.8 Å². The predicted octanol–water partition coefficient (Wildman–Crippen LogP) is 3.97. The molecule has 1 saturated heterocycles. The maximum atomic E-state index is 13.7. The van der Waals surface area contributed by atoms with Gasteiger partial charge >= 0.3 is 0 Å². The maximum absolute atomic E-state index is 13.7. The van der Waals surface area contributed by atoms with E-state index in [1.54, 1.807) is 11.0 Å². The first-order valence-corrected chi connectivity index (χ1v) is 9.88. The van der Waals surface area contributed by atoms with Gasteiger partial charge in [-0.15, -0.1) is 0 Å². The summed E-state index contributed by atoms with van der Waals surface area (Å²) in [7, 11) is 0. The number of benzene rings is 1. The van der Waals surface area contributed by atoms with E-state index in [4.69, 9.17) is 0 Å². The molecule has 0 saturated carbocycles. The summed E-state index contributed by atoms with van der Waals surface area (Å²) in [6, 6.07) is 6.40. The van der Waals surface area contributed by atoms with E-state index < -0.39 is 0 Å². The van der Waals surface area contributed by atoms with Crippen LogP contribution < -0.4 is 5.32 Å². The van der Waals surface area contributed by atoms with Gasteiger partial charge in [0.1, 0.15) is 5.82 Å². The molecule has 1 aliphatic heterocycles. The summed E-state index contributed by atoms with van der Waals surface area (Å²) in [6.45, 7) is 11.8. The van der Waals surface area contributed by atoms with Gasteiger partial charge in [0.15, 0.2) is 0 Å². The number of carbonyl (C=O) groups is 2. The lowest BCUT2D eigenvalue weighted by molar-refractivity contribution is -0.132. The lowest BCUT2D eigenvalue weighted by Gasteiger charge is -2.23. The first-order valence-electron chi connectivity index (χ1n) is 9.88. The van der Waals surface area contributed by atoms with Gasteiger partial charge in [-0.3, -0.25) is 9.59 Å². The monoisotopic (exact) mass is 376 g/mol. The van der Waals surface area contributed by atoms with Crippen molar-refractivity contribution in [3.63, 3.8) is 0 Å². The van der Waals surface area contributed by atoms with Crippen molar-refractivity contribution in [3.8, 4) is 0 Å². The maximum Gasteiger partial charge on any atom is 0.225 e. The lowest BCUT2D eigenvalue weighted by atomic mass is 9.88. The Morgan fingerprint density at radius 1 is 1.26 bits per heavy atom. The Balaban J connectivity index is 2.16. The van der Waals surface area contributed by atoms with Crippen LogP contribution in [0.15, 0.2) is 24.3 Å². The van der Waals surface area contributed by atoms with E-state index >= 15 is 0 Å². The second-order valence-corrected chi connectivity index (χ2v) is 9.28. The molecule has 150 valence electrons. The summed E-state index contributed by atoms with van der Waals surface area (Å²) >= 11 is 0. The topological polar surface area (TPSA) is 49.4 Å². The van der Waals surface area contributed by atoms with Crippen molar-refractivity contribution >= 4 is 11.8 Å². The molecule has 0 unspecified atom stereocenters. The molecule has 1 aromatic rings. The van der Waals surface area contributed by atoms with Crippen LogP contribution in [0.3, 0.4) is 0 Å². The molecule has 0 spiro atoms. The average molecular weight is 377 g/mol. The van der Waals surface area contributed by atoms with Gasteiger partial charge in [-0.2, -0.15) is 0 Å². The van der Waals surface area contributed by atoms with Gasteiger partial charge in [0.05, 0.1) is 5.92 Å². The number of amides is 2. The van der Waals surface area contributed by atoms with Crippen molar-refractivity contribution < 1.29 is 14.0 Å². The van der Waals surface area contributed by atoms with E-state index in [-0.39, 0.29) is 34.9 Å². The Labute approximate surface area is 162 Å². The summed E-state index contributed by atoms with van der Waals surface area (Å²) in [4.78, 5) is 27.3. The minimum atomic E-state index is -0.345. The number of halogens is 1. The van der Waals surface area contributed by atoms with Gasteiger partial charge in [0.25, 0.3) is 0 Å². The SMILES string of the molecule is CC(C)CCNC(=O)[C@@H]1CN(C(=O)CC(C)(C)C)C[C@H]1c1cccc(F)c1. The summed E-state index contributed by atoms with van der Waals surface area (Å²) in [5.74, 6) is -0.312. The van der Waals surface area contributed by atoms with Crippen LogP contribution in [0.4, 0.5) is 4.39 Å². The zero-order valence-corrected chi connectivity index (χ0v) is 17.2. The third-order valence-corrected chi connectivity index (χ3v) is 4.99. The number of hydrogen-bond donors (Lipinski definition) is 1. The fraction of sp³-hybridized carbons (Fsp3) is 0.636. The third-order valence-electron chi connectivity index (χ3n) is 4.99. The summed E-state index contributed by atoms with van der Waals surface area (Å²) in [6.07, 6.45) is 1.35. The average Bonchev–Trinajstić information content (AvgIpc) is 2.98. The molecule has 0 bridgehead atoms. The Kier molecular flexibility index (Phi) is 7.01. The van der Waals surface area contributed by atoms with Gasteiger partial charge in [-0.1, -0.05) is 46.8 Å². The molecule has 2 rings (SSSR count). The molecular weight excluding hydrogens is 343 g/mol. The van der Waals surface area contributed by atoms with Crippen molar-refractivity contribution in [1.29, 1.82) is 0 Å². The normalized spacial score (nSPS) is 20.2. The van der Waals surface area contributed by atoms with Crippen LogP contribution in [0.25, 0.3) is 0 Å².